The molecule has 0 spiro atoms. The minimum atomic E-state index is -0.145. The first-order valence-corrected chi connectivity index (χ1v) is 7.89. The molecular weight excluding hydrogens is 287 g/mol. The van der Waals surface area contributed by atoms with Gasteiger partial charge in [0.05, 0.1) is 5.38 Å². The van der Waals surface area contributed by atoms with Gasteiger partial charge in [-0.3, -0.25) is 0 Å². The molecule has 0 fully saturated rings. The fourth-order valence-corrected chi connectivity index (χ4v) is 3.14. The van der Waals surface area contributed by atoms with E-state index in [1.165, 1.54) is 16.7 Å². The van der Waals surface area contributed by atoms with E-state index in [1.54, 1.807) is 0 Å². The highest BCUT2D eigenvalue weighted by Crippen LogP contribution is 2.34. The Labute approximate surface area is 131 Å². The van der Waals surface area contributed by atoms with Crippen molar-refractivity contribution in [2.24, 2.45) is 0 Å². The molecule has 0 aliphatic heterocycles. The molecule has 0 N–H and O–H groups in total. The summed E-state index contributed by atoms with van der Waals surface area (Å²) >= 11 is 12.9. The Morgan fingerprint density at radius 2 is 1.75 bits per heavy atom. The van der Waals surface area contributed by atoms with Gasteiger partial charge in [0.2, 0.25) is 0 Å². The Bertz CT molecular complexity index is 582. The van der Waals surface area contributed by atoms with Crippen LogP contribution >= 0.6 is 23.2 Å². The topological polar surface area (TPSA) is 0 Å². The first-order chi connectivity index (χ1) is 9.55. The first kappa shape index (κ1) is 15.4. The van der Waals surface area contributed by atoms with Crippen molar-refractivity contribution in [3.63, 3.8) is 0 Å². The Kier molecular flexibility index (Phi) is 5.12. The van der Waals surface area contributed by atoms with Gasteiger partial charge in [0.25, 0.3) is 0 Å². The highest BCUT2D eigenvalue weighted by atomic mass is 35.5. The Morgan fingerprint density at radius 3 is 2.35 bits per heavy atom. The van der Waals surface area contributed by atoms with Gasteiger partial charge in [-0.2, -0.15) is 0 Å². The summed E-state index contributed by atoms with van der Waals surface area (Å²) in [6.07, 6.45) is 2.01. The van der Waals surface area contributed by atoms with E-state index in [4.69, 9.17) is 23.2 Å². The third-order valence-electron chi connectivity index (χ3n) is 3.63. The van der Waals surface area contributed by atoms with Gasteiger partial charge in [0, 0.05) is 5.02 Å². The van der Waals surface area contributed by atoms with Crippen LogP contribution in [0.25, 0.3) is 0 Å². The molecule has 2 heteroatoms. The van der Waals surface area contributed by atoms with Crippen LogP contribution in [0.1, 0.15) is 47.0 Å². The fraction of sp³-hybridized carbons (Fsp3) is 0.333. The molecular formula is C18H20Cl2. The standard InChI is InChI=1S/C18H20Cl2/c1-4-13-6-7-14(5-2)17(10-13)18(20)15-8-12(3)9-16(19)11-15/h6-11,18H,4-5H2,1-3H3. The van der Waals surface area contributed by atoms with E-state index in [-0.39, 0.29) is 5.38 Å². The largest absolute Gasteiger partial charge is 0.113 e. The molecule has 0 nitrogen and oxygen atoms in total. The van der Waals surface area contributed by atoms with E-state index in [0.717, 1.165) is 29.0 Å². The van der Waals surface area contributed by atoms with Crippen LogP contribution in [0.15, 0.2) is 36.4 Å². The zero-order chi connectivity index (χ0) is 14.7. The first-order valence-electron chi connectivity index (χ1n) is 7.08. The van der Waals surface area contributed by atoms with Crippen LogP contribution in [-0.4, -0.2) is 0 Å². The van der Waals surface area contributed by atoms with Crippen LogP contribution in [0.5, 0.6) is 0 Å². The van der Waals surface area contributed by atoms with Gasteiger partial charge >= 0.3 is 0 Å². The molecule has 1 atom stereocenters. The lowest BCUT2D eigenvalue weighted by atomic mass is 9.94. The zero-order valence-corrected chi connectivity index (χ0v) is 13.7. The molecule has 0 bridgehead atoms. The lowest BCUT2D eigenvalue weighted by Gasteiger charge is -2.17. The SMILES string of the molecule is CCc1ccc(CC)c(C(Cl)c2cc(C)cc(Cl)c2)c1. The molecule has 0 radical (unpaired) electrons. The van der Waals surface area contributed by atoms with Crippen molar-refractivity contribution in [2.75, 3.05) is 0 Å². The molecule has 0 aliphatic carbocycles. The molecule has 0 aliphatic rings. The van der Waals surface area contributed by atoms with E-state index >= 15 is 0 Å². The van der Waals surface area contributed by atoms with Crippen molar-refractivity contribution < 1.29 is 0 Å². The fourth-order valence-electron chi connectivity index (χ4n) is 2.51. The minimum Gasteiger partial charge on any atom is -0.113 e. The summed E-state index contributed by atoms with van der Waals surface area (Å²) in [4.78, 5) is 0. The summed E-state index contributed by atoms with van der Waals surface area (Å²) in [7, 11) is 0. The number of halogens is 2. The maximum atomic E-state index is 6.73. The van der Waals surface area contributed by atoms with Gasteiger partial charge < -0.3 is 0 Å². The van der Waals surface area contributed by atoms with E-state index in [1.807, 2.05) is 19.1 Å². The highest BCUT2D eigenvalue weighted by Gasteiger charge is 2.15. The number of hydrogen-bond acceptors (Lipinski definition) is 0. The Balaban J connectivity index is 2.48. The van der Waals surface area contributed by atoms with Gasteiger partial charge in [0.15, 0.2) is 0 Å². The summed E-state index contributed by atoms with van der Waals surface area (Å²) in [5.41, 5.74) is 6.04. The smallest absolute Gasteiger partial charge is 0.0838 e. The quantitative estimate of drug-likeness (QED) is 0.598. The normalized spacial score (nSPS) is 12.4. The zero-order valence-electron chi connectivity index (χ0n) is 12.2. The van der Waals surface area contributed by atoms with Gasteiger partial charge in [0.1, 0.15) is 0 Å². The molecule has 1 unspecified atom stereocenters. The predicted molar refractivity (Wildman–Crippen MR) is 89.1 cm³/mol. The molecule has 0 heterocycles. The van der Waals surface area contributed by atoms with Crippen LogP contribution in [0, 0.1) is 6.92 Å². The number of hydrogen-bond donors (Lipinski definition) is 0. The monoisotopic (exact) mass is 306 g/mol. The molecule has 0 saturated heterocycles. The molecule has 2 rings (SSSR count). The summed E-state index contributed by atoms with van der Waals surface area (Å²) in [6.45, 7) is 6.37. The second-order valence-electron chi connectivity index (χ2n) is 5.16. The Hall–Kier alpha value is -0.980. The number of benzene rings is 2. The van der Waals surface area contributed by atoms with Gasteiger partial charge in [-0.15, -0.1) is 11.6 Å². The average molecular weight is 307 g/mol. The highest BCUT2D eigenvalue weighted by molar-refractivity contribution is 6.31. The van der Waals surface area contributed by atoms with Gasteiger partial charge in [-0.25, -0.2) is 0 Å². The molecule has 0 amide bonds. The molecule has 20 heavy (non-hydrogen) atoms. The van der Waals surface area contributed by atoms with Crippen molar-refractivity contribution in [3.8, 4) is 0 Å². The van der Waals surface area contributed by atoms with Gasteiger partial charge in [-0.1, -0.05) is 49.7 Å². The maximum Gasteiger partial charge on any atom is 0.0838 e. The van der Waals surface area contributed by atoms with Crippen LogP contribution in [0.4, 0.5) is 0 Å². The molecule has 0 aromatic heterocycles. The summed E-state index contributed by atoms with van der Waals surface area (Å²) in [5, 5.41) is 0.601. The summed E-state index contributed by atoms with van der Waals surface area (Å²) in [6, 6.07) is 12.6. The van der Waals surface area contributed by atoms with Crippen LogP contribution in [0.2, 0.25) is 5.02 Å². The average Bonchev–Trinajstić information content (AvgIpc) is 2.44. The number of rotatable bonds is 4. The number of aryl methyl sites for hydroxylation is 3. The van der Waals surface area contributed by atoms with Crippen LogP contribution in [0.3, 0.4) is 0 Å². The van der Waals surface area contributed by atoms with E-state index in [2.05, 4.69) is 38.1 Å². The molecule has 106 valence electrons. The summed E-state index contributed by atoms with van der Waals surface area (Å²) in [5.74, 6) is 0. The second-order valence-corrected chi connectivity index (χ2v) is 6.04. The molecule has 2 aromatic carbocycles. The van der Waals surface area contributed by atoms with Crippen molar-refractivity contribution in [1.29, 1.82) is 0 Å². The third kappa shape index (κ3) is 3.37. The van der Waals surface area contributed by atoms with Crippen LogP contribution < -0.4 is 0 Å². The lowest BCUT2D eigenvalue weighted by molar-refractivity contribution is 1.02. The van der Waals surface area contributed by atoms with Crippen molar-refractivity contribution in [2.45, 2.75) is 39.0 Å². The minimum absolute atomic E-state index is 0.145. The van der Waals surface area contributed by atoms with E-state index in [0.29, 0.717) is 0 Å². The molecule has 2 aromatic rings. The predicted octanol–water partition coefficient (Wildman–Crippen LogP) is 6.10. The van der Waals surface area contributed by atoms with Crippen LogP contribution in [-0.2, 0) is 12.8 Å². The number of alkyl halides is 1. The van der Waals surface area contributed by atoms with E-state index in [9.17, 15) is 0 Å². The van der Waals surface area contributed by atoms with Crippen molar-refractivity contribution in [3.05, 3.63) is 69.2 Å². The molecule has 0 saturated carbocycles. The van der Waals surface area contributed by atoms with Crippen molar-refractivity contribution >= 4 is 23.2 Å². The van der Waals surface area contributed by atoms with E-state index < -0.39 is 0 Å². The Morgan fingerprint density at radius 1 is 1.00 bits per heavy atom. The third-order valence-corrected chi connectivity index (χ3v) is 4.33. The second kappa shape index (κ2) is 6.65. The maximum absolute atomic E-state index is 6.73. The lowest BCUT2D eigenvalue weighted by Crippen LogP contribution is -2.00. The van der Waals surface area contributed by atoms with Crippen molar-refractivity contribution in [1.82, 2.24) is 0 Å². The summed E-state index contributed by atoms with van der Waals surface area (Å²) < 4.78 is 0. The van der Waals surface area contributed by atoms with Gasteiger partial charge in [-0.05, 0) is 59.7 Å².